The number of hydrogen-bond acceptors (Lipinski definition) is 0. The van der Waals surface area contributed by atoms with Gasteiger partial charge in [-0.2, -0.15) is 40.2 Å². The average Bonchev–Trinajstić information content (AvgIpc) is 1.84. The first-order valence-corrected chi connectivity index (χ1v) is 2.47. The molecule has 2 radical (unpaired) electrons. The van der Waals surface area contributed by atoms with E-state index in [0.29, 0.717) is 0 Å². The van der Waals surface area contributed by atoms with Crippen LogP contribution in [0.3, 0.4) is 0 Å². The van der Waals surface area contributed by atoms with Gasteiger partial charge in [-0.15, -0.1) is 0 Å². The summed E-state index contributed by atoms with van der Waals surface area (Å²) in [6.45, 7) is 0. The van der Waals surface area contributed by atoms with E-state index in [1.54, 1.807) is 0 Å². The lowest BCUT2D eigenvalue weighted by Crippen LogP contribution is -2.54. The van der Waals surface area contributed by atoms with Crippen LogP contribution >= 0.6 is 0 Å². The van der Waals surface area contributed by atoms with Crippen LogP contribution in [0.2, 0.25) is 0 Å². The van der Waals surface area contributed by atoms with Crippen molar-refractivity contribution in [2.45, 2.75) is 18.0 Å². The zero-order chi connectivity index (χ0) is 11.1. The van der Waals surface area contributed by atoms with Crippen molar-refractivity contribution >= 4 is 0 Å². The van der Waals surface area contributed by atoms with Gasteiger partial charge in [0.2, 0.25) is 0 Å². The molecule has 78 valence electrons. The summed E-state index contributed by atoms with van der Waals surface area (Å²) in [5.74, 6) is -13.1. The van der Waals surface area contributed by atoms with Crippen LogP contribution in [-0.4, -0.2) is 18.0 Å². The quantitative estimate of drug-likeness (QED) is 0.646. The molecule has 0 aliphatic rings. The van der Waals surface area contributed by atoms with Crippen molar-refractivity contribution in [3.05, 3.63) is 6.43 Å². The van der Waals surface area contributed by atoms with Gasteiger partial charge in [-0.05, 0) is 0 Å². The van der Waals surface area contributed by atoms with Crippen molar-refractivity contribution in [1.82, 2.24) is 0 Å². The summed E-state index contributed by atoms with van der Waals surface area (Å²) < 4.78 is 91.1. The SMILES string of the molecule is [O]C(F)(F)C(F)(F)C(F)(F)[C](F)F. The number of hydrogen-bond donors (Lipinski definition) is 0. The maximum Gasteiger partial charge on any atom is 0.452 e. The summed E-state index contributed by atoms with van der Waals surface area (Å²) in [6.07, 6.45) is -10.7. The molecule has 1 nitrogen and oxygen atoms in total. The van der Waals surface area contributed by atoms with E-state index >= 15 is 0 Å². The number of alkyl halides is 6. The van der Waals surface area contributed by atoms with Crippen molar-refractivity contribution in [3.8, 4) is 0 Å². The minimum Gasteiger partial charge on any atom is -0.192 e. The first kappa shape index (κ1) is 12.4. The Hall–Kier alpha value is -0.600. The molecule has 0 spiro atoms. The highest BCUT2D eigenvalue weighted by atomic mass is 19.4. The molecule has 0 unspecified atom stereocenters. The van der Waals surface area contributed by atoms with Crippen molar-refractivity contribution in [2.24, 2.45) is 0 Å². The van der Waals surface area contributed by atoms with E-state index in [1.807, 2.05) is 0 Å². The second-order valence-electron chi connectivity index (χ2n) is 1.93. The summed E-state index contributed by atoms with van der Waals surface area (Å²) in [7, 11) is 0. The van der Waals surface area contributed by atoms with Crippen LogP contribution in [0.15, 0.2) is 0 Å². The first-order chi connectivity index (χ1) is 5.44. The first-order valence-electron chi connectivity index (χ1n) is 2.47. The number of rotatable bonds is 3. The third kappa shape index (κ3) is 1.84. The van der Waals surface area contributed by atoms with Gasteiger partial charge in [0, 0.05) is 0 Å². The van der Waals surface area contributed by atoms with E-state index in [2.05, 4.69) is 0 Å². The van der Waals surface area contributed by atoms with Crippen LogP contribution in [0, 0.1) is 6.43 Å². The zero-order valence-corrected chi connectivity index (χ0v) is 5.43. The van der Waals surface area contributed by atoms with E-state index in [1.165, 1.54) is 0 Å². The molecule has 13 heavy (non-hydrogen) atoms. The Labute approximate surface area is 66.0 Å². The molecule has 0 fully saturated rings. The molecule has 0 saturated heterocycles. The van der Waals surface area contributed by atoms with Crippen molar-refractivity contribution in [3.63, 3.8) is 0 Å². The van der Waals surface area contributed by atoms with Gasteiger partial charge >= 0.3 is 24.4 Å². The molecule has 0 saturated carbocycles. The molecule has 0 rings (SSSR count). The van der Waals surface area contributed by atoms with Crippen molar-refractivity contribution in [1.29, 1.82) is 0 Å². The Morgan fingerprint density at radius 1 is 0.846 bits per heavy atom. The minimum atomic E-state index is -6.65. The second kappa shape index (κ2) is 2.96. The minimum absolute atomic E-state index is 4.24. The fourth-order valence-corrected chi connectivity index (χ4v) is 0.301. The van der Waals surface area contributed by atoms with Gasteiger partial charge < -0.3 is 0 Å². The van der Waals surface area contributed by atoms with Crippen molar-refractivity contribution in [2.75, 3.05) is 0 Å². The molecule has 0 aliphatic carbocycles. The van der Waals surface area contributed by atoms with Crippen LogP contribution in [0.5, 0.6) is 0 Å². The molecular weight excluding hydrogens is 216 g/mol. The molecule has 0 amide bonds. The third-order valence-corrected chi connectivity index (χ3v) is 0.997. The smallest absolute Gasteiger partial charge is 0.192 e. The number of halogens is 8. The maximum atomic E-state index is 11.6. The lowest BCUT2D eigenvalue weighted by atomic mass is 10.1. The Morgan fingerprint density at radius 3 is 1.23 bits per heavy atom. The third-order valence-electron chi connectivity index (χ3n) is 0.997. The molecule has 0 aromatic rings. The van der Waals surface area contributed by atoms with E-state index in [-0.39, 0.29) is 0 Å². The van der Waals surface area contributed by atoms with Crippen LogP contribution < -0.4 is 0 Å². The highest BCUT2D eigenvalue weighted by Gasteiger charge is 2.77. The van der Waals surface area contributed by atoms with Gasteiger partial charge in [0.25, 0.3) is 0 Å². The summed E-state index contributed by atoms with van der Waals surface area (Å²) in [5, 5.41) is 9.17. The predicted octanol–water partition coefficient (Wildman–Crippen LogP) is 2.71. The van der Waals surface area contributed by atoms with E-state index in [9.17, 15) is 35.1 Å². The van der Waals surface area contributed by atoms with E-state index in [4.69, 9.17) is 5.11 Å². The molecule has 0 aliphatic heterocycles. The monoisotopic (exact) mass is 216 g/mol. The molecule has 0 bridgehead atoms. The second-order valence-corrected chi connectivity index (χ2v) is 1.93. The molecule has 0 aromatic heterocycles. The summed E-state index contributed by atoms with van der Waals surface area (Å²) in [4.78, 5) is 0. The average molecular weight is 216 g/mol. The molecule has 9 heteroatoms. The molecule has 0 atom stereocenters. The van der Waals surface area contributed by atoms with Gasteiger partial charge in [-0.1, -0.05) is 0 Å². The lowest BCUT2D eigenvalue weighted by Gasteiger charge is -2.26. The predicted molar refractivity (Wildman–Crippen MR) is 21.0 cm³/mol. The van der Waals surface area contributed by atoms with Gasteiger partial charge in [0.1, 0.15) is 0 Å². The summed E-state index contributed by atoms with van der Waals surface area (Å²) >= 11 is 0. The Bertz CT molecular complexity index is 181. The molecule has 0 heterocycles. The van der Waals surface area contributed by atoms with Crippen molar-refractivity contribution < 1.29 is 40.2 Å². The van der Waals surface area contributed by atoms with E-state index < -0.39 is 24.4 Å². The van der Waals surface area contributed by atoms with E-state index in [0.717, 1.165) is 0 Å². The largest absolute Gasteiger partial charge is 0.452 e. The standard InChI is InChI=1S/C4F8O/c5-1(6)2(7,8)3(9,10)4(11,12)13. The Kier molecular flexibility index (Phi) is 2.83. The van der Waals surface area contributed by atoms with Crippen LogP contribution in [-0.2, 0) is 5.11 Å². The normalized spacial score (nSPS) is 15.2. The van der Waals surface area contributed by atoms with Gasteiger partial charge in [-0.25, -0.2) is 0 Å². The highest BCUT2D eigenvalue weighted by Crippen LogP contribution is 2.49. The Balaban J connectivity index is 5.04. The van der Waals surface area contributed by atoms with Crippen LogP contribution in [0.1, 0.15) is 0 Å². The summed E-state index contributed by atoms with van der Waals surface area (Å²) in [5.41, 5.74) is 0. The van der Waals surface area contributed by atoms with Crippen LogP contribution in [0.25, 0.3) is 0 Å². The fraction of sp³-hybridized carbons (Fsp3) is 0.750. The van der Waals surface area contributed by atoms with Crippen LogP contribution in [0.4, 0.5) is 35.1 Å². The fourth-order valence-electron chi connectivity index (χ4n) is 0.301. The Morgan fingerprint density at radius 2 is 1.15 bits per heavy atom. The lowest BCUT2D eigenvalue weighted by molar-refractivity contribution is -0.407. The highest BCUT2D eigenvalue weighted by molar-refractivity contribution is 4.99. The molecular formula is C4F8O. The molecule has 0 aromatic carbocycles. The molecule has 0 N–H and O–H groups in total. The van der Waals surface area contributed by atoms with Gasteiger partial charge in [0.15, 0.2) is 0 Å². The summed E-state index contributed by atoms with van der Waals surface area (Å²) in [6, 6.07) is 0. The van der Waals surface area contributed by atoms with Gasteiger partial charge in [0.05, 0.1) is 0 Å². The topological polar surface area (TPSA) is 19.9 Å². The maximum absolute atomic E-state index is 11.6. The zero-order valence-electron chi connectivity index (χ0n) is 5.43. The van der Waals surface area contributed by atoms with Gasteiger partial charge in [-0.3, -0.25) is 0 Å².